The van der Waals surface area contributed by atoms with Crippen LogP contribution in [0.5, 0.6) is 0 Å². The molecule has 1 aromatic heterocycles. The maximum Gasteiger partial charge on any atom is 0.472 e. The number of aromatic nitrogens is 3. The van der Waals surface area contributed by atoms with E-state index in [0.717, 1.165) is 7.11 Å². The standard InChI is InChI=1S/C12H19N4O8P/c1-12(2)23-7-6(4-21-25(18,19)20-3)22-11(8(7)24-12)16-5-14-10(15-16)9(13)17/h5-8,11H,4H2,1-3H3,(H2,13,17)(H,18,19)/t6-,7-,8-,11-/m1/s1. The zero-order chi connectivity index (χ0) is 18.4. The van der Waals surface area contributed by atoms with Crippen LogP contribution >= 0.6 is 7.82 Å². The van der Waals surface area contributed by atoms with Gasteiger partial charge in [0.1, 0.15) is 24.6 Å². The summed E-state index contributed by atoms with van der Waals surface area (Å²) >= 11 is 0. The first-order valence-corrected chi connectivity index (χ1v) is 8.86. The molecular formula is C12H19N4O8P. The minimum absolute atomic E-state index is 0.169. The molecule has 1 unspecified atom stereocenters. The molecule has 2 fully saturated rings. The van der Waals surface area contributed by atoms with Gasteiger partial charge < -0.3 is 24.8 Å². The Hall–Kier alpha value is -1.40. The molecule has 3 heterocycles. The molecule has 0 aliphatic carbocycles. The number of nitrogens with two attached hydrogens (primary N) is 1. The molecule has 13 heteroatoms. The van der Waals surface area contributed by atoms with Crippen molar-refractivity contribution >= 4 is 13.7 Å². The number of phosphoric acid groups is 1. The molecule has 140 valence electrons. The van der Waals surface area contributed by atoms with Gasteiger partial charge in [-0.25, -0.2) is 14.2 Å². The van der Waals surface area contributed by atoms with Gasteiger partial charge in [-0.15, -0.1) is 5.10 Å². The van der Waals surface area contributed by atoms with Crippen molar-refractivity contribution < 1.29 is 37.5 Å². The van der Waals surface area contributed by atoms with Crippen molar-refractivity contribution in [3.63, 3.8) is 0 Å². The first-order valence-electron chi connectivity index (χ1n) is 7.37. The topological polar surface area (TPSA) is 157 Å². The zero-order valence-electron chi connectivity index (χ0n) is 13.8. The number of rotatable bonds is 6. The fourth-order valence-electron chi connectivity index (χ4n) is 2.74. The van der Waals surface area contributed by atoms with Crippen LogP contribution < -0.4 is 5.73 Å². The number of fused-ring (bicyclic) bond motifs is 1. The molecule has 1 aromatic rings. The number of amides is 1. The van der Waals surface area contributed by atoms with E-state index in [1.165, 1.54) is 11.0 Å². The first-order chi connectivity index (χ1) is 11.6. The van der Waals surface area contributed by atoms with Crippen LogP contribution in [-0.2, 0) is 27.8 Å². The van der Waals surface area contributed by atoms with Crippen LogP contribution in [0.1, 0.15) is 30.7 Å². The van der Waals surface area contributed by atoms with Crippen molar-refractivity contribution in [3.05, 3.63) is 12.2 Å². The number of hydrogen-bond donors (Lipinski definition) is 2. The smallest absolute Gasteiger partial charge is 0.363 e. The number of carbonyl (C=O) groups excluding carboxylic acids is 1. The lowest BCUT2D eigenvalue weighted by Crippen LogP contribution is -2.32. The lowest BCUT2D eigenvalue weighted by molar-refractivity contribution is -0.201. The fraction of sp³-hybridized carbons (Fsp3) is 0.750. The maximum atomic E-state index is 11.5. The Balaban J connectivity index is 1.80. The summed E-state index contributed by atoms with van der Waals surface area (Å²) in [6.45, 7) is 3.18. The highest BCUT2D eigenvalue weighted by atomic mass is 31.2. The molecule has 2 saturated heterocycles. The van der Waals surface area contributed by atoms with Gasteiger partial charge in [0.2, 0.25) is 5.82 Å². The molecule has 25 heavy (non-hydrogen) atoms. The molecule has 0 radical (unpaired) electrons. The summed E-state index contributed by atoms with van der Waals surface area (Å²) in [5, 5.41) is 3.96. The van der Waals surface area contributed by atoms with Crippen LogP contribution in [0.25, 0.3) is 0 Å². The van der Waals surface area contributed by atoms with Crippen molar-refractivity contribution in [2.75, 3.05) is 13.7 Å². The van der Waals surface area contributed by atoms with E-state index in [4.69, 9.17) is 24.5 Å². The number of phosphoric ester groups is 1. The molecule has 0 spiro atoms. The van der Waals surface area contributed by atoms with Crippen LogP contribution in [0, 0.1) is 0 Å². The summed E-state index contributed by atoms with van der Waals surface area (Å²) in [6, 6.07) is 0. The third-order valence-electron chi connectivity index (χ3n) is 3.75. The molecule has 12 nitrogen and oxygen atoms in total. The lowest BCUT2D eigenvalue weighted by Gasteiger charge is -2.24. The van der Waals surface area contributed by atoms with Crippen molar-refractivity contribution in [2.24, 2.45) is 5.73 Å². The van der Waals surface area contributed by atoms with Crippen LogP contribution in [0.15, 0.2) is 6.33 Å². The monoisotopic (exact) mass is 378 g/mol. The molecule has 3 rings (SSSR count). The Kier molecular flexibility index (Phi) is 4.71. The van der Waals surface area contributed by atoms with Crippen LogP contribution in [0.4, 0.5) is 0 Å². The highest BCUT2D eigenvalue weighted by molar-refractivity contribution is 7.47. The number of primary amides is 1. The summed E-state index contributed by atoms with van der Waals surface area (Å²) < 4.78 is 39.4. The second kappa shape index (κ2) is 6.40. The van der Waals surface area contributed by atoms with E-state index in [9.17, 15) is 14.3 Å². The van der Waals surface area contributed by atoms with Crippen LogP contribution in [0.2, 0.25) is 0 Å². The number of hydrogen-bond acceptors (Lipinski definition) is 9. The van der Waals surface area contributed by atoms with Crippen molar-refractivity contribution in [3.8, 4) is 0 Å². The van der Waals surface area contributed by atoms with Gasteiger partial charge >= 0.3 is 7.82 Å². The average Bonchev–Trinajstić information content (AvgIpc) is 3.18. The van der Waals surface area contributed by atoms with E-state index in [1.54, 1.807) is 13.8 Å². The van der Waals surface area contributed by atoms with E-state index in [1.807, 2.05) is 0 Å². The first kappa shape index (κ1) is 18.4. The minimum atomic E-state index is -4.17. The van der Waals surface area contributed by atoms with Crippen molar-refractivity contribution in [2.45, 2.75) is 44.2 Å². The van der Waals surface area contributed by atoms with Gasteiger partial charge in [-0.1, -0.05) is 0 Å². The number of ether oxygens (including phenoxy) is 3. The molecule has 1 amide bonds. The molecule has 3 N–H and O–H groups in total. The Morgan fingerprint density at radius 1 is 1.48 bits per heavy atom. The Labute approximate surface area is 142 Å². The maximum absolute atomic E-state index is 11.5. The molecule has 0 aromatic carbocycles. The van der Waals surface area contributed by atoms with Gasteiger partial charge in [-0.05, 0) is 13.8 Å². The van der Waals surface area contributed by atoms with Gasteiger partial charge in [-0.3, -0.25) is 13.8 Å². The average molecular weight is 378 g/mol. The third-order valence-corrected chi connectivity index (χ3v) is 4.68. The number of nitrogens with zero attached hydrogens (tertiary/aromatic N) is 3. The van der Waals surface area contributed by atoms with Gasteiger partial charge in [-0.2, -0.15) is 0 Å². The normalized spacial score (nSPS) is 33.1. The minimum Gasteiger partial charge on any atom is -0.363 e. The van der Waals surface area contributed by atoms with Crippen molar-refractivity contribution in [1.82, 2.24) is 14.8 Å². The van der Waals surface area contributed by atoms with Gasteiger partial charge in [0, 0.05) is 7.11 Å². The third kappa shape index (κ3) is 3.75. The lowest BCUT2D eigenvalue weighted by atomic mass is 10.1. The van der Waals surface area contributed by atoms with Gasteiger partial charge in [0.15, 0.2) is 12.0 Å². The quantitative estimate of drug-likeness (QED) is 0.622. The molecular weight excluding hydrogens is 359 g/mol. The zero-order valence-corrected chi connectivity index (χ0v) is 14.7. The fourth-order valence-corrected chi connectivity index (χ4v) is 3.18. The molecule has 5 atom stereocenters. The van der Waals surface area contributed by atoms with Gasteiger partial charge in [0.05, 0.1) is 6.61 Å². The Morgan fingerprint density at radius 2 is 2.16 bits per heavy atom. The van der Waals surface area contributed by atoms with E-state index in [0.29, 0.717) is 0 Å². The predicted octanol–water partition coefficient (Wildman–Crippen LogP) is -0.442. The Bertz CT molecular complexity index is 709. The highest BCUT2D eigenvalue weighted by Crippen LogP contribution is 2.46. The van der Waals surface area contributed by atoms with Crippen LogP contribution in [0.3, 0.4) is 0 Å². The number of carbonyl (C=O) groups is 1. The van der Waals surface area contributed by atoms with Crippen molar-refractivity contribution in [1.29, 1.82) is 0 Å². The highest BCUT2D eigenvalue weighted by Gasteiger charge is 2.56. The van der Waals surface area contributed by atoms with E-state index >= 15 is 0 Å². The van der Waals surface area contributed by atoms with E-state index < -0.39 is 44.1 Å². The largest absolute Gasteiger partial charge is 0.472 e. The molecule has 2 aliphatic rings. The second-order valence-electron chi connectivity index (χ2n) is 5.99. The second-order valence-corrected chi connectivity index (χ2v) is 7.55. The summed E-state index contributed by atoms with van der Waals surface area (Å²) in [5.41, 5.74) is 5.15. The summed E-state index contributed by atoms with van der Waals surface area (Å²) in [7, 11) is -3.11. The molecule has 0 bridgehead atoms. The SMILES string of the molecule is COP(=O)(O)OC[C@H]1O[C@@H](n2cnc(C(N)=O)n2)[C@@H]2OC(C)(C)O[C@@H]21. The molecule has 2 aliphatic heterocycles. The van der Waals surface area contributed by atoms with E-state index in [2.05, 4.69) is 14.6 Å². The summed E-state index contributed by atoms with van der Waals surface area (Å²) in [5.74, 6) is -1.84. The van der Waals surface area contributed by atoms with Gasteiger partial charge in [0.25, 0.3) is 5.91 Å². The molecule has 0 saturated carbocycles. The summed E-state index contributed by atoms with van der Waals surface area (Å²) in [4.78, 5) is 24.3. The van der Waals surface area contributed by atoms with Crippen LogP contribution in [-0.4, -0.2) is 63.4 Å². The predicted molar refractivity (Wildman–Crippen MR) is 79.1 cm³/mol. The summed E-state index contributed by atoms with van der Waals surface area (Å²) in [6.07, 6.45) is -1.40. The van der Waals surface area contributed by atoms with E-state index in [-0.39, 0.29) is 12.4 Å². The Morgan fingerprint density at radius 3 is 2.76 bits per heavy atom.